The zero-order valence-electron chi connectivity index (χ0n) is 17.3. The second-order valence-corrected chi connectivity index (χ2v) is 9.33. The first-order chi connectivity index (χ1) is 14.0. The summed E-state index contributed by atoms with van der Waals surface area (Å²) in [5.74, 6) is 0.204. The minimum absolute atomic E-state index is 0.0597. The van der Waals surface area contributed by atoms with E-state index in [9.17, 15) is 13.5 Å². The number of aryl methyl sites for hydroxylation is 2. The summed E-state index contributed by atoms with van der Waals surface area (Å²) >= 11 is 0. The van der Waals surface area contributed by atoms with E-state index in [1.165, 1.54) is 32.2 Å². The number of nitrogen functional groups attached to an aromatic ring is 1. The zero-order chi connectivity index (χ0) is 22.1. The van der Waals surface area contributed by atoms with Gasteiger partial charge in [0.15, 0.2) is 5.82 Å². The van der Waals surface area contributed by atoms with Gasteiger partial charge in [0.2, 0.25) is 10.0 Å². The number of nitrogens with one attached hydrogen (secondary N) is 1. The molecule has 2 heterocycles. The third-order valence-electron chi connectivity index (χ3n) is 4.40. The lowest BCUT2D eigenvalue weighted by Gasteiger charge is -2.18. The summed E-state index contributed by atoms with van der Waals surface area (Å²) in [6, 6.07) is 4.72. The molecule has 4 N–H and O–H groups in total. The number of nitrogens with zero attached hydrogens (tertiary/aromatic N) is 5. The Morgan fingerprint density at radius 2 is 2.00 bits per heavy atom. The topological polar surface area (TPSA) is 149 Å². The molecule has 3 rings (SSSR count). The second-order valence-electron chi connectivity index (χ2n) is 7.56. The summed E-state index contributed by atoms with van der Waals surface area (Å²) in [6.07, 6.45) is 3.21. The van der Waals surface area contributed by atoms with E-state index in [1.807, 2.05) is 13.8 Å². The summed E-state index contributed by atoms with van der Waals surface area (Å²) in [7, 11) is -3.82. The van der Waals surface area contributed by atoms with E-state index in [0.29, 0.717) is 29.2 Å². The van der Waals surface area contributed by atoms with Gasteiger partial charge in [0.1, 0.15) is 11.4 Å². The van der Waals surface area contributed by atoms with Gasteiger partial charge in [-0.15, -0.1) is 5.10 Å². The van der Waals surface area contributed by atoms with Gasteiger partial charge in [0.05, 0.1) is 28.6 Å². The van der Waals surface area contributed by atoms with Crippen molar-refractivity contribution in [1.29, 1.82) is 0 Å². The van der Waals surface area contributed by atoms with Crippen LogP contribution in [0.15, 0.2) is 35.5 Å². The van der Waals surface area contributed by atoms with Crippen LogP contribution in [0.5, 0.6) is 0 Å². The Labute approximate surface area is 175 Å². The lowest BCUT2D eigenvalue weighted by atomic mass is 10.1. The first-order valence-electron chi connectivity index (χ1n) is 9.36. The number of sulfonamides is 1. The fourth-order valence-electron chi connectivity index (χ4n) is 2.68. The fraction of sp³-hybridized carbons (Fsp3) is 0.368. The number of aromatic nitrogens is 5. The van der Waals surface area contributed by atoms with Crippen LogP contribution in [0, 0.1) is 6.92 Å². The monoisotopic (exact) mass is 431 g/mol. The molecule has 3 aromatic rings. The van der Waals surface area contributed by atoms with Crippen molar-refractivity contribution in [1.82, 2.24) is 29.7 Å². The standard InChI is InChI=1S/C19H25N7O3S/c1-5-26-10-16(24-25-26)17-18(20)21-9-15(23-17)14-8-13(7-6-12(14)2)30(28,29)22-11-19(3,4)27/h6-10,22,27H,5,11H2,1-4H3,(H2,20,21). The molecule has 0 spiro atoms. The lowest BCUT2D eigenvalue weighted by molar-refractivity contribution is 0.0857. The highest BCUT2D eigenvalue weighted by molar-refractivity contribution is 7.89. The van der Waals surface area contributed by atoms with Crippen molar-refractivity contribution in [3.8, 4) is 22.6 Å². The molecule has 0 radical (unpaired) electrons. The van der Waals surface area contributed by atoms with Crippen molar-refractivity contribution in [2.45, 2.75) is 44.7 Å². The SMILES string of the molecule is CCn1cc(-c2nc(-c3cc(S(=O)(=O)NCC(C)(C)O)ccc3C)cnc2N)nn1. The van der Waals surface area contributed by atoms with Crippen molar-refractivity contribution in [2.24, 2.45) is 0 Å². The molecule has 11 heteroatoms. The lowest BCUT2D eigenvalue weighted by Crippen LogP contribution is -2.38. The second kappa shape index (κ2) is 8.09. The van der Waals surface area contributed by atoms with Gasteiger partial charge in [-0.3, -0.25) is 4.68 Å². The summed E-state index contributed by atoms with van der Waals surface area (Å²) < 4.78 is 29.4. The number of benzene rings is 1. The van der Waals surface area contributed by atoms with Crippen LogP contribution < -0.4 is 10.5 Å². The van der Waals surface area contributed by atoms with Crippen LogP contribution in [-0.4, -0.2) is 50.6 Å². The van der Waals surface area contributed by atoms with Gasteiger partial charge in [-0.1, -0.05) is 11.3 Å². The maximum atomic E-state index is 12.7. The van der Waals surface area contributed by atoms with Crippen molar-refractivity contribution < 1.29 is 13.5 Å². The molecule has 2 aromatic heterocycles. The summed E-state index contributed by atoms with van der Waals surface area (Å²) in [5, 5.41) is 17.9. The fourth-order valence-corrected chi connectivity index (χ4v) is 3.91. The van der Waals surface area contributed by atoms with Gasteiger partial charge < -0.3 is 10.8 Å². The minimum Gasteiger partial charge on any atom is -0.389 e. The maximum Gasteiger partial charge on any atom is 0.240 e. The molecular weight excluding hydrogens is 406 g/mol. The molecule has 0 fully saturated rings. The summed E-state index contributed by atoms with van der Waals surface area (Å²) in [5.41, 5.74) is 7.55. The van der Waals surface area contributed by atoms with E-state index in [2.05, 4.69) is 25.0 Å². The molecular formula is C19H25N7O3S. The van der Waals surface area contributed by atoms with Crippen LogP contribution in [0.25, 0.3) is 22.6 Å². The van der Waals surface area contributed by atoms with E-state index in [4.69, 9.17) is 5.73 Å². The molecule has 0 aliphatic rings. The Morgan fingerprint density at radius 3 is 2.63 bits per heavy atom. The van der Waals surface area contributed by atoms with E-state index in [-0.39, 0.29) is 17.3 Å². The van der Waals surface area contributed by atoms with E-state index in [1.54, 1.807) is 16.9 Å². The Kier molecular flexibility index (Phi) is 5.88. The van der Waals surface area contributed by atoms with Crippen LogP contribution in [-0.2, 0) is 16.6 Å². The first kappa shape index (κ1) is 21.8. The summed E-state index contributed by atoms with van der Waals surface area (Å²) in [4.78, 5) is 8.84. The molecule has 1 aromatic carbocycles. The molecule has 0 bridgehead atoms. The smallest absolute Gasteiger partial charge is 0.240 e. The Hall–Kier alpha value is -2.89. The van der Waals surface area contributed by atoms with Gasteiger partial charge in [-0.2, -0.15) is 0 Å². The molecule has 0 saturated carbocycles. The van der Waals surface area contributed by atoms with Crippen molar-refractivity contribution in [3.63, 3.8) is 0 Å². The molecule has 0 amide bonds. The Balaban J connectivity index is 2.02. The van der Waals surface area contributed by atoms with Crippen molar-refractivity contribution in [2.75, 3.05) is 12.3 Å². The van der Waals surface area contributed by atoms with E-state index < -0.39 is 15.6 Å². The number of anilines is 1. The van der Waals surface area contributed by atoms with Gasteiger partial charge in [-0.05, 0) is 45.4 Å². The molecule has 30 heavy (non-hydrogen) atoms. The van der Waals surface area contributed by atoms with Crippen LogP contribution >= 0.6 is 0 Å². The highest BCUT2D eigenvalue weighted by Crippen LogP contribution is 2.28. The predicted octanol–water partition coefficient (Wildman–Crippen LogP) is 1.36. The van der Waals surface area contributed by atoms with Gasteiger partial charge in [-0.25, -0.2) is 23.1 Å². The molecule has 160 valence electrons. The summed E-state index contributed by atoms with van der Waals surface area (Å²) in [6.45, 7) is 7.37. The number of hydrogen-bond acceptors (Lipinski definition) is 8. The van der Waals surface area contributed by atoms with Gasteiger partial charge >= 0.3 is 0 Å². The van der Waals surface area contributed by atoms with Gasteiger partial charge in [0.25, 0.3) is 0 Å². The molecule has 10 nitrogen and oxygen atoms in total. The number of nitrogens with two attached hydrogens (primary N) is 1. The minimum atomic E-state index is -3.82. The number of hydrogen-bond donors (Lipinski definition) is 3. The van der Waals surface area contributed by atoms with Crippen LogP contribution in [0.2, 0.25) is 0 Å². The third kappa shape index (κ3) is 4.81. The van der Waals surface area contributed by atoms with E-state index in [0.717, 1.165) is 5.56 Å². The molecule has 0 aliphatic carbocycles. The third-order valence-corrected chi connectivity index (χ3v) is 5.80. The van der Waals surface area contributed by atoms with Crippen molar-refractivity contribution >= 4 is 15.8 Å². The van der Waals surface area contributed by atoms with Crippen LogP contribution in [0.4, 0.5) is 5.82 Å². The molecule has 0 saturated heterocycles. The average molecular weight is 432 g/mol. The average Bonchev–Trinajstić information content (AvgIpc) is 3.16. The largest absolute Gasteiger partial charge is 0.389 e. The quantitative estimate of drug-likeness (QED) is 0.508. The molecule has 0 aliphatic heterocycles. The zero-order valence-corrected chi connectivity index (χ0v) is 18.1. The first-order valence-corrected chi connectivity index (χ1v) is 10.8. The van der Waals surface area contributed by atoms with Gasteiger partial charge in [0, 0.05) is 18.7 Å². The highest BCUT2D eigenvalue weighted by Gasteiger charge is 2.21. The highest BCUT2D eigenvalue weighted by atomic mass is 32.2. The predicted molar refractivity (Wildman–Crippen MR) is 113 cm³/mol. The molecule has 0 unspecified atom stereocenters. The maximum absolute atomic E-state index is 12.7. The Bertz CT molecular complexity index is 1170. The molecule has 0 atom stereocenters. The number of aliphatic hydroxyl groups is 1. The van der Waals surface area contributed by atoms with Crippen LogP contribution in [0.3, 0.4) is 0 Å². The van der Waals surface area contributed by atoms with Crippen molar-refractivity contribution in [3.05, 3.63) is 36.2 Å². The van der Waals surface area contributed by atoms with Crippen LogP contribution in [0.1, 0.15) is 26.3 Å². The number of rotatable bonds is 7. The van der Waals surface area contributed by atoms with E-state index >= 15 is 0 Å². The Morgan fingerprint density at radius 1 is 1.27 bits per heavy atom. The normalized spacial score (nSPS) is 12.3.